The topological polar surface area (TPSA) is 135 Å². The van der Waals surface area contributed by atoms with E-state index in [4.69, 9.17) is 10.2 Å². The maximum atomic E-state index is 10.6. The first-order chi connectivity index (χ1) is 13.2. The smallest absolute Gasteiger partial charge is 0.338 e. The van der Waals surface area contributed by atoms with E-state index in [2.05, 4.69) is 14.7 Å². The SMILES string of the molecule is Cc1ccc(CNS(N)(=O)=O)cc1.O=C(O)c1cnc(-c2ccccc2)nc1. The summed E-state index contributed by atoms with van der Waals surface area (Å²) in [5.41, 5.74) is 2.99. The van der Waals surface area contributed by atoms with Gasteiger partial charge in [-0.05, 0) is 12.5 Å². The molecule has 0 aliphatic heterocycles. The summed E-state index contributed by atoms with van der Waals surface area (Å²) >= 11 is 0. The van der Waals surface area contributed by atoms with Crippen molar-refractivity contribution in [3.05, 3.63) is 83.7 Å². The van der Waals surface area contributed by atoms with Gasteiger partial charge in [0.15, 0.2) is 5.82 Å². The van der Waals surface area contributed by atoms with Gasteiger partial charge >= 0.3 is 5.97 Å². The highest BCUT2D eigenvalue weighted by atomic mass is 32.2. The lowest BCUT2D eigenvalue weighted by Crippen LogP contribution is -2.30. The second-order valence-corrected chi connectivity index (χ2v) is 7.20. The summed E-state index contributed by atoms with van der Waals surface area (Å²) in [5, 5.41) is 13.4. The summed E-state index contributed by atoms with van der Waals surface area (Å²) in [4.78, 5) is 18.5. The van der Waals surface area contributed by atoms with E-state index < -0.39 is 16.2 Å². The number of aromatic carboxylic acids is 1. The Morgan fingerprint density at radius 2 is 1.61 bits per heavy atom. The van der Waals surface area contributed by atoms with Crippen molar-refractivity contribution in [3.63, 3.8) is 0 Å². The summed E-state index contributed by atoms with van der Waals surface area (Å²) in [5.74, 6) is -0.491. The predicted molar refractivity (Wildman–Crippen MR) is 106 cm³/mol. The van der Waals surface area contributed by atoms with Crippen LogP contribution in [0, 0.1) is 6.92 Å². The summed E-state index contributed by atoms with van der Waals surface area (Å²) < 4.78 is 23.3. The molecule has 0 saturated heterocycles. The number of rotatable bonds is 5. The molecular formula is C19H20N4O4S. The number of carbonyl (C=O) groups is 1. The lowest BCUT2D eigenvalue weighted by molar-refractivity contribution is 0.0696. The molecule has 3 rings (SSSR count). The van der Waals surface area contributed by atoms with Crippen LogP contribution in [-0.2, 0) is 16.8 Å². The van der Waals surface area contributed by atoms with Crippen LogP contribution in [0.15, 0.2) is 67.0 Å². The molecule has 1 heterocycles. The van der Waals surface area contributed by atoms with Gasteiger partial charge in [0.2, 0.25) is 0 Å². The molecule has 0 bridgehead atoms. The second-order valence-electron chi connectivity index (χ2n) is 5.82. The molecule has 0 aliphatic rings. The van der Waals surface area contributed by atoms with Crippen LogP contribution in [0.1, 0.15) is 21.5 Å². The molecule has 28 heavy (non-hydrogen) atoms. The van der Waals surface area contributed by atoms with Crippen LogP contribution >= 0.6 is 0 Å². The third kappa shape index (κ3) is 7.23. The first-order valence-corrected chi connectivity index (χ1v) is 9.73. The maximum Gasteiger partial charge on any atom is 0.338 e. The first-order valence-electron chi connectivity index (χ1n) is 8.18. The number of carboxylic acids is 1. The second kappa shape index (κ2) is 9.70. The minimum Gasteiger partial charge on any atom is -0.478 e. The standard InChI is InChI=1S/C11H8N2O2.C8H12N2O2S/c14-11(15)9-6-12-10(13-7-9)8-4-2-1-3-5-8;1-7-2-4-8(5-3-7)6-10-13(9,11)12/h1-7H,(H,14,15);2-5,10H,6H2,1H3,(H2,9,11,12). The Morgan fingerprint density at radius 1 is 1.04 bits per heavy atom. The van der Waals surface area contributed by atoms with E-state index in [1.54, 1.807) is 0 Å². The third-order valence-electron chi connectivity index (χ3n) is 3.53. The Balaban J connectivity index is 0.000000203. The van der Waals surface area contributed by atoms with E-state index >= 15 is 0 Å². The van der Waals surface area contributed by atoms with Gasteiger partial charge in [0.05, 0.1) is 5.56 Å². The number of benzene rings is 2. The Hall–Kier alpha value is -3.14. The Kier molecular flexibility index (Phi) is 7.33. The van der Waals surface area contributed by atoms with E-state index in [0.717, 1.165) is 16.7 Å². The predicted octanol–water partition coefficient (Wildman–Crippen LogP) is 2.13. The zero-order valence-corrected chi connectivity index (χ0v) is 15.9. The molecule has 0 radical (unpaired) electrons. The number of nitrogens with zero attached hydrogens (tertiary/aromatic N) is 2. The molecule has 0 spiro atoms. The van der Waals surface area contributed by atoms with Crippen LogP contribution in [0.3, 0.4) is 0 Å². The molecule has 0 aliphatic carbocycles. The highest BCUT2D eigenvalue weighted by molar-refractivity contribution is 7.87. The molecule has 2 aromatic carbocycles. The number of aromatic nitrogens is 2. The minimum atomic E-state index is -3.58. The quantitative estimate of drug-likeness (QED) is 0.600. The number of nitrogens with two attached hydrogens (primary N) is 1. The average Bonchev–Trinajstić information content (AvgIpc) is 2.68. The van der Waals surface area contributed by atoms with Crippen LogP contribution in [0.25, 0.3) is 11.4 Å². The zero-order valence-electron chi connectivity index (χ0n) is 15.1. The van der Waals surface area contributed by atoms with Gasteiger partial charge in [-0.25, -0.2) is 19.9 Å². The number of hydrogen-bond acceptors (Lipinski definition) is 5. The highest BCUT2D eigenvalue weighted by Gasteiger charge is 2.05. The molecule has 0 amide bonds. The largest absolute Gasteiger partial charge is 0.478 e. The van der Waals surface area contributed by atoms with Crippen molar-refractivity contribution in [1.29, 1.82) is 0 Å². The van der Waals surface area contributed by atoms with Crippen LogP contribution in [-0.4, -0.2) is 29.5 Å². The molecule has 0 atom stereocenters. The van der Waals surface area contributed by atoms with Crippen molar-refractivity contribution in [3.8, 4) is 11.4 Å². The Bertz CT molecular complexity index is 1010. The summed E-state index contributed by atoms with van der Waals surface area (Å²) in [6.07, 6.45) is 2.61. The number of carboxylic acid groups (broad SMARTS) is 1. The highest BCUT2D eigenvalue weighted by Crippen LogP contribution is 2.12. The van der Waals surface area contributed by atoms with Gasteiger partial charge in [-0.15, -0.1) is 0 Å². The van der Waals surface area contributed by atoms with Crippen LogP contribution in [0.2, 0.25) is 0 Å². The van der Waals surface area contributed by atoms with E-state index in [9.17, 15) is 13.2 Å². The summed E-state index contributed by atoms with van der Waals surface area (Å²) in [7, 11) is -3.58. The average molecular weight is 400 g/mol. The van der Waals surface area contributed by atoms with Gasteiger partial charge in [-0.2, -0.15) is 13.1 Å². The minimum absolute atomic E-state index is 0.0923. The fraction of sp³-hybridized carbons (Fsp3) is 0.105. The molecule has 1 aromatic heterocycles. The van der Waals surface area contributed by atoms with Crippen molar-refractivity contribution in [2.24, 2.45) is 5.14 Å². The first kappa shape index (κ1) is 21.2. The van der Waals surface area contributed by atoms with Crippen LogP contribution in [0.4, 0.5) is 0 Å². The van der Waals surface area contributed by atoms with Gasteiger partial charge in [0.1, 0.15) is 0 Å². The molecule has 0 fully saturated rings. The molecular weight excluding hydrogens is 380 g/mol. The van der Waals surface area contributed by atoms with Crippen molar-refractivity contribution in [2.75, 3.05) is 0 Å². The lowest BCUT2D eigenvalue weighted by atomic mass is 10.2. The Labute approximate surface area is 163 Å². The molecule has 146 valence electrons. The monoisotopic (exact) mass is 400 g/mol. The molecule has 3 aromatic rings. The van der Waals surface area contributed by atoms with Gasteiger partial charge in [-0.3, -0.25) is 0 Å². The fourth-order valence-corrected chi connectivity index (χ4v) is 2.43. The van der Waals surface area contributed by atoms with E-state index in [1.807, 2.05) is 61.5 Å². The molecule has 4 N–H and O–H groups in total. The third-order valence-corrected chi connectivity index (χ3v) is 4.08. The van der Waals surface area contributed by atoms with E-state index in [0.29, 0.717) is 5.82 Å². The molecule has 0 saturated carbocycles. The summed E-state index contributed by atoms with van der Waals surface area (Å²) in [6.45, 7) is 2.20. The lowest BCUT2D eigenvalue weighted by Gasteiger charge is -2.02. The zero-order chi connectivity index (χ0) is 20.6. The molecule has 8 nitrogen and oxygen atoms in total. The molecule has 9 heteroatoms. The van der Waals surface area contributed by atoms with Gasteiger partial charge in [0.25, 0.3) is 10.2 Å². The Morgan fingerprint density at radius 3 is 2.11 bits per heavy atom. The fourth-order valence-electron chi connectivity index (χ4n) is 2.06. The van der Waals surface area contributed by atoms with Crippen molar-refractivity contribution < 1.29 is 18.3 Å². The van der Waals surface area contributed by atoms with Gasteiger partial charge in [0, 0.05) is 24.5 Å². The van der Waals surface area contributed by atoms with Crippen LogP contribution < -0.4 is 9.86 Å². The maximum absolute atomic E-state index is 10.6. The van der Waals surface area contributed by atoms with Crippen molar-refractivity contribution >= 4 is 16.2 Å². The molecule has 0 unspecified atom stereocenters. The van der Waals surface area contributed by atoms with Crippen LogP contribution in [0.5, 0.6) is 0 Å². The van der Waals surface area contributed by atoms with Crippen molar-refractivity contribution in [2.45, 2.75) is 13.5 Å². The van der Waals surface area contributed by atoms with E-state index in [-0.39, 0.29) is 12.1 Å². The van der Waals surface area contributed by atoms with Crippen molar-refractivity contribution in [1.82, 2.24) is 14.7 Å². The normalized spacial score (nSPS) is 10.6. The van der Waals surface area contributed by atoms with Gasteiger partial charge in [-0.1, -0.05) is 60.2 Å². The summed E-state index contributed by atoms with van der Waals surface area (Å²) in [6, 6.07) is 16.9. The number of aryl methyl sites for hydroxylation is 1. The number of hydrogen-bond donors (Lipinski definition) is 3. The van der Waals surface area contributed by atoms with Gasteiger partial charge < -0.3 is 5.11 Å². The van der Waals surface area contributed by atoms with E-state index in [1.165, 1.54) is 12.4 Å². The number of nitrogens with one attached hydrogen (secondary N) is 1.